The van der Waals surface area contributed by atoms with Gasteiger partial charge in [0.05, 0.1) is 4.90 Å². The van der Waals surface area contributed by atoms with Crippen molar-refractivity contribution in [3.05, 3.63) is 29.8 Å². The highest BCUT2D eigenvalue weighted by Crippen LogP contribution is 2.09. The van der Waals surface area contributed by atoms with E-state index in [1.54, 1.807) is 12.1 Å². The topological polar surface area (TPSA) is 91.8 Å². The number of benzene rings is 1. The van der Waals surface area contributed by atoms with Crippen molar-refractivity contribution >= 4 is 21.9 Å². The molecule has 1 aliphatic rings. The molecule has 1 saturated heterocycles. The summed E-state index contributed by atoms with van der Waals surface area (Å²) >= 11 is 0. The second kappa shape index (κ2) is 6.62. The van der Waals surface area contributed by atoms with Gasteiger partial charge >= 0.3 is 0 Å². The minimum Gasteiger partial charge on any atom is -0.283 e. The number of likely N-dealkylation sites (tertiary alicyclic amines) is 1. The molecule has 0 unspecified atom stereocenters. The van der Waals surface area contributed by atoms with E-state index in [1.165, 1.54) is 24.0 Å². The van der Waals surface area contributed by atoms with Crippen LogP contribution in [0.15, 0.2) is 29.2 Å². The molecule has 0 radical (unpaired) electrons. The Balaban J connectivity index is 0.000000204. The van der Waals surface area contributed by atoms with Gasteiger partial charge in [-0.3, -0.25) is 19.0 Å². The maximum atomic E-state index is 10.7. The van der Waals surface area contributed by atoms with Crippen LogP contribution in [0.2, 0.25) is 0 Å². The molecule has 0 spiro atoms. The molecule has 6 nitrogen and oxygen atoms in total. The lowest BCUT2D eigenvalue weighted by molar-refractivity contribution is -0.140. The van der Waals surface area contributed by atoms with E-state index in [0.29, 0.717) is 13.0 Å². The SMILES string of the molecule is CC(=O)N1CCCC1=O.Cc1ccc(S(=O)(=O)O)cc1. The highest BCUT2D eigenvalue weighted by atomic mass is 32.2. The number of hydrogen-bond donors (Lipinski definition) is 1. The molecule has 0 bridgehead atoms. The number of carbonyl (C=O) groups excluding carboxylic acids is 2. The van der Waals surface area contributed by atoms with Crippen molar-refractivity contribution in [1.29, 1.82) is 0 Å². The van der Waals surface area contributed by atoms with Gasteiger partial charge in [-0.1, -0.05) is 17.7 Å². The van der Waals surface area contributed by atoms with Crippen LogP contribution in [0.1, 0.15) is 25.3 Å². The van der Waals surface area contributed by atoms with E-state index in [0.717, 1.165) is 12.0 Å². The molecule has 1 aromatic rings. The zero-order valence-corrected chi connectivity index (χ0v) is 12.2. The van der Waals surface area contributed by atoms with Crippen molar-refractivity contribution in [1.82, 2.24) is 4.90 Å². The van der Waals surface area contributed by atoms with Crippen LogP contribution >= 0.6 is 0 Å². The Hall–Kier alpha value is -1.73. The highest BCUT2D eigenvalue weighted by molar-refractivity contribution is 7.85. The van der Waals surface area contributed by atoms with E-state index in [2.05, 4.69) is 0 Å². The second-order valence-corrected chi connectivity index (χ2v) is 5.88. The Labute approximate surface area is 118 Å². The third-order valence-corrected chi connectivity index (χ3v) is 3.64. The van der Waals surface area contributed by atoms with E-state index in [-0.39, 0.29) is 16.7 Å². The quantitative estimate of drug-likeness (QED) is 0.791. The van der Waals surface area contributed by atoms with Crippen LogP contribution in [0.25, 0.3) is 0 Å². The normalized spacial score (nSPS) is 14.8. The molecular weight excluding hydrogens is 282 g/mol. The number of imide groups is 1. The fraction of sp³-hybridized carbons (Fsp3) is 0.385. The monoisotopic (exact) mass is 299 g/mol. The summed E-state index contributed by atoms with van der Waals surface area (Å²) in [6, 6.07) is 5.99. The maximum absolute atomic E-state index is 10.7. The van der Waals surface area contributed by atoms with Crippen molar-refractivity contribution in [3.63, 3.8) is 0 Å². The van der Waals surface area contributed by atoms with Crippen molar-refractivity contribution in [2.75, 3.05) is 6.54 Å². The van der Waals surface area contributed by atoms with Crippen LogP contribution in [0.4, 0.5) is 0 Å². The number of nitrogens with zero attached hydrogens (tertiary/aromatic N) is 1. The molecule has 1 aromatic carbocycles. The van der Waals surface area contributed by atoms with E-state index in [1.807, 2.05) is 6.92 Å². The molecule has 2 amide bonds. The predicted molar refractivity (Wildman–Crippen MR) is 72.6 cm³/mol. The number of rotatable bonds is 1. The van der Waals surface area contributed by atoms with E-state index >= 15 is 0 Å². The van der Waals surface area contributed by atoms with Crippen LogP contribution in [-0.4, -0.2) is 36.2 Å². The molecule has 2 rings (SSSR count). The van der Waals surface area contributed by atoms with E-state index in [4.69, 9.17) is 4.55 Å². The van der Waals surface area contributed by atoms with Gasteiger partial charge in [0.1, 0.15) is 0 Å². The Morgan fingerprint density at radius 3 is 2.10 bits per heavy atom. The van der Waals surface area contributed by atoms with Gasteiger partial charge in [0.2, 0.25) is 11.8 Å². The van der Waals surface area contributed by atoms with Gasteiger partial charge in [-0.25, -0.2) is 0 Å². The van der Waals surface area contributed by atoms with E-state index < -0.39 is 10.1 Å². The Kier molecular flexibility index (Phi) is 5.41. The Morgan fingerprint density at radius 1 is 1.25 bits per heavy atom. The number of amides is 2. The Bertz CT molecular complexity index is 592. The highest BCUT2D eigenvalue weighted by Gasteiger charge is 2.22. The molecule has 1 aliphatic heterocycles. The Morgan fingerprint density at radius 2 is 1.80 bits per heavy atom. The van der Waals surface area contributed by atoms with Gasteiger partial charge in [-0.15, -0.1) is 0 Å². The zero-order valence-electron chi connectivity index (χ0n) is 11.4. The van der Waals surface area contributed by atoms with Crippen LogP contribution in [0.5, 0.6) is 0 Å². The predicted octanol–water partition coefficient (Wildman–Crippen LogP) is 1.40. The number of carbonyl (C=O) groups is 2. The molecular formula is C13H17NO5S. The van der Waals surface area contributed by atoms with Crippen LogP contribution < -0.4 is 0 Å². The molecule has 1 fully saturated rings. The first-order valence-corrected chi connectivity index (χ1v) is 7.51. The lowest BCUT2D eigenvalue weighted by atomic mass is 10.2. The summed E-state index contributed by atoms with van der Waals surface area (Å²) in [6.07, 6.45) is 1.37. The molecule has 110 valence electrons. The summed E-state index contributed by atoms with van der Waals surface area (Å²) in [5.41, 5.74) is 0.956. The molecule has 0 saturated carbocycles. The summed E-state index contributed by atoms with van der Waals surface area (Å²) in [5, 5.41) is 0. The maximum Gasteiger partial charge on any atom is 0.294 e. The molecule has 0 aliphatic carbocycles. The molecule has 1 N–H and O–H groups in total. The summed E-state index contributed by atoms with van der Waals surface area (Å²) in [5.74, 6) is -0.153. The van der Waals surface area contributed by atoms with Crippen molar-refractivity contribution < 1.29 is 22.6 Å². The summed E-state index contributed by atoms with van der Waals surface area (Å²) in [4.78, 5) is 22.5. The fourth-order valence-corrected chi connectivity index (χ4v) is 2.17. The van der Waals surface area contributed by atoms with Gasteiger partial charge in [-0.05, 0) is 25.5 Å². The van der Waals surface area contributed by atoms with E-state index in [9.17, 15) is 18.0 Å². The molecule has 0 atom stereocenters. The van der Waals surface area contributed by atoms with Crippen molar-refractivity contribution in [2.45, 2.75) is 31.6 Å². The summed E-state index contributed by atoms with van der Waals surface area (Å²) in [7, 11) is -4.02. The van der Waals surface area contributed by atoms with Crippen molar-refractivity contribution in [3.8, 4) is 0 Å². The lowest BCUT2D eigenvalue weighted by Crippen LogP contribution is -2.29. The molecule has 7 heteroatoms. The second-order valence-electron chi connectivity index (χ2n) is 4.46. The zero-order chi connectivity index (χ0) is 15.3. The van der Waals surface area contributed by atoms with Crippen LogP contribution in [-0.2, 0) is 19.7 Å². The van der Waals surface area contributed by atoms with Crippen LogP contribution in [0, 0.1) is 6.92 Å². The molecule has 1 heterocycles. The first-order chi connectivity index (χ1) is 9.21. The lowest BCUT2D eigenvalue weighted by Gasteiger charge is -2.08. The third kappa shape index (κ3) is 4.75. The van der Waals surface area contributed by atoms with Gasteiger partial charge in [-0.2, -0.15) is 8.42 Å². The van der Waals surface area contributed by atoms with Crippen molar-refractivity contribution in [2.24, 2.45) is 0 Å². The number of hydrogen-bond acceptors (Lipinski definition) is 4. The third-order valence-electron chi connectivity index (χ3n) is 2.77. The smallest absolute Gasteiger partial charge is 0.283 e. The van der Waals surface area contributed by atoms with Gasteiger partial charge in [0, 0.05) is 19.9 Å². The van der Waals surface area contributed by atoms with Gasteiger partial charge < -0.3 is 0 Å². The largest absolute Gasteiger partial charge is 0.294 e. The average Bonchev–Trinajstić information content (AvgIpc) is 2.76. The molecule has 20 heavy (non-hydrogen) atoms. The first kappa shape index (κ1) is 16.3. The summed E-state index contributed by atoms with van der Waals surface area (Å²) < 4.78 is 29.6. The summed E-state index contributed by atoms with van der Waals surface area (Å²) in [6.45, 7) is 3.88. The molecule has 0 aromatic heterocycles. The van der Waals surface area contributed by atoms with Gasteiger partial charge in [0.25, 0.3) is 10.1 Å². The fourth-order valence-electron chi connectivity index (χ4n) is 1.69. The van der Waals surface area contributed by atoms with Crippen LogP contribution in [0.3, 0.4) is 0 Å². The minimum absolute atomic E-state index is 0.0255. The average molecular weight is 299 g/mol. The standard InChI is InChI=1S/C7H8O3S.C6H9NO2/c1-6-2-4-7(5-3-6)11(8,9)10;1-5(8)7-4-2-3-6(7)9/h2-5H,1H3,(H,8,9,10);2-4H2,1H3. The number of aryl methyl sites for hydroxylation is 1. The first-order valence-electron chi connectivity index (χ1n) is 6.07. The minimum atomic E-state index is -4.02. The van der Waals surface area contributed by atoms with Gasteiger partial charge in [0.15, 0.2) is 0 Å².